The van der Waals surface area contributed by atoms with E-state index in [0.717, 1.165) is 12.8 Å². The average molecular weight is 348 g/mol. The Labute approximate surface area is 142 Å². The second kappa shape index (κ2) is 7.04. The van der Waals surface area contributed by atoms with Gasteiger partial charge < -0.3 is 10.2 Å². The van der Waals surface area contributed by atoms with Crippen molar-refractivity contribution in [1.29, 1.82) is 0 Å². The Morgan fingerprint density at radius 3 is 2.79 bits per heavy atom. The highest BCUT2D eigenvalue weighted by Gasteiger charge is 2.32. The minimum Gasteiger partial charge on any atom is -0.333 e. The minimum atomic E-state index is -0.392. The van der Waals surface area contributed by atoms with Crippen molar-refractivity contribution in [3.63, 3.8) is 0 Å². The fourth-order valence-corrected chi connectivity index (χ4v) is 3.59. The zero-order valence-corrected chi connectivity index (χ0v) is 14.0. The number of nitrogens with zero attached hydrogens (tertiary/aromatic N) is 3. The van der Waals surface area contributed by atoms with E-state index in [-0.39, 0.29) is 22.8 Å². The van der Waals surface area contributed by atoms with Crippen LogP contribution in [0.15, 0.2) is 24.3 Å². The van der Waals surface area contributed by atoms with Crippen LogP contribution >= 0.6 is 11.3 Å². The van der Waals surface area contributed by atoms with Crippen LogP contribution < -0.4 is 5.32 Å². The fourth-order valence-electron chi connectivity index (χ4n) is 2.70. The SMILES string of the molecule is CCC(=O)N1CCC[C@H]1c1nnc(C(=O)Nc2ccc(F)cc2)s1. The van der Waals surface area contributed by atoms with Gasteiger partial charge in [0.2, 0.25) is 10.9 Å². The molecule has 0 radical (unpaired) electrons. The van der Waals surface area contributed by atoms with E-state index in [4.69, 9.17) is 0 Å². The Morgan fingerprint density at radius 1 is 1.33 bits per heavy atom. The molecule has 126 valence electrons. The molecule has 1 fully saturated rings. The summed E-state index contributed by atoms with van der Waals surface area (Å²) < 4.78 is 12.9. The largest absolute Gasteiger partial charge is 0.333 e. The van der Waals surface area contributed by atoms with Crippen molar-refractivity contribution in [2.24, 2.45) is 0 Å². The molecular weight excluding hydrogens is 331 g/mol. The molecule has 2 heterocycles. The Morgan fingerprint density at radius 2 is 2.08 bits per heavy atom. The summed E-state index contributed by atoms with van der Waals surface area (Å²) in [4.78, 5) is 26.0. The molecule has 8 heteroatoms. The van der Waals surface area contributed by atoms with E-state index in [1.54, 1.807) is 0 Å². The van der Waals surface area contributed by atoms with Crippen LogP contribution in [0, 0.1) is 5.82 Å². The average Bonchev–Trinajstić information content (AvgIpc) is 3.24. The van der Waals surface area contributed by atoms with Crippen LogP contribution in [0.2, 0.25) is 0 Å². The Hall–Kier alpha value is -2.35. The lowest BCUT2D eigenvalue weighted by molar-refractivity contribution is -0.131. The van der Waals surface area contributed by atoms with Gasteiger partial charge in [0.25, 0.3) is 5.91 Å². The third-order valence-corrected chi connectivity index (χ3v) is 4.92. The number of hydrogen-bond acceptors (Lipinski definition) is 5. The number of rotatable bonds is 4. The quantitative estimate of drug-likeness (QED) is 0.922. The van der Waals surface area contributed by atoms with E-state index in [9.17, 15) is 14.0 Å². The lowest BCUT2D eigenvalue weighted by atomic mass is 10.2. The molecule has 2 aromatic rings. The first kappa shape index (κ1) is 16.5. The highest BCUT2D eigenvalue weighted by molar-refractivity contribution is 7.13. The predicted molar refractivity (Wildman–Crippen MR) is 88.2 cm³/mol. The number of benzene rings is 1. The smallest absolute Gasteiger partial charge is 0.286 e. The lowest BCUT2D eigenvalue weighted by Crippen LogP contribution is -2.29. The highest BCUT2D eigenvalue weighted by Crippen LogP contribution is 2.34. The Balaban J connectivity index is 1.71. The van der Waals surface area contributed by atoms with E-state index in [0.29, 0.717) is 23.7 Å². The number of aromatic nitrogens is 2. The molecule has 1 atom stereocenters. The minimum absolute atomic E-state index is 0.0880. The summed E-state index contributed by atoms with van der Waals surface area (Å²) in [6, 6.07) is 5.41. The second-order valence-corrected chi connectivity index (χ2v) is 6.51. The van der Waals surface area contributed by atoms with Crippen LogP contribution in [0.25, 0.3) is 0 Å². The number of carbonyl (C=O) groups is 2. The van der Waals surface area contributed by atoms with Gasteiger partial charge >= 0.3 is 0 Å². The molecular formula is C16H17FN4O2S. The normalized spacial score (nSPS) is 17.1. The van der Waals surface area contributed by atoms with Crippen molar-refractivity contribution in [3.8, 4) is 0 Å². The van der Waals surface area contributed by atoms with Gasteiger partial charge in [0.1, 0.15) is 10.8 Å². The van der Waals surface area contributed by atoms with Gasteiger partial charge in [-0.05, 0) is 37.1 Å². The lowest BCUT2D eigenvalue weighted by Gasteiger charge is -2.21. The molecule has 0 spiro atoms. The monoisotopic (exact) mass is 348 g/mol. The van der Waals surface area contributed by atoms with Crippen LogP contribution in [0.1, 0.15) is 47.0 Å². The van der Waals surface area contributed by atoms with Gasteiger partial charge in [0, 0.05) is 18.7 Å². The van der Waals surface area contributed by atoms with E-state index in [2.05, 4.69) is 15.5 Å². The molecule has 0 saturated carbocycles. The van der Waals surface area contributed by atoms with Crippen LogP contribution in [-0.4, -0.2) is 33.5 Å². The molecule has 6 nitrogen and oxygen atoms in total. The van der Waals surface area contributed by atoms with Gasteiger partial charge in [-0.3, -0.25) is 9.59 Å². The van der Waals surface area contributed by atoms with Gasteiger partial charge in [-0.25, -0.2) is 4.39 Å². The maximum absolute atomic E-state index is 12.9. The summed E-state index contributed by atoms with van der Waals surface area (Å²) in [6.07, 6.45) is 2.21. The third kappa shape index (κ3) is 3.43. The number of carbonyl (C=O) groups excluding carboxylic acids is 2. The van der Waals surface area contributed by atoms with Gasteiger partial charge in [-0.2, -0.15) is 0 Å². The third-order valence-electron chi connectivity index (χ3n) is 3.90. The molecule has 0 aliphatic carbocycles. The number of amides is 2. The van der Waals surface area contributed by atoms with Gasteiger partial charge in [-0.15, -0.1) is 10.2 Å². The maximum atomic E-state index is 12.9. The molecule has 1 aromatic carbocycles. The summed E-state index contributed by atoms with van der Waals surface area (Å²) in [5, 5.41) is 11.6. The summed E-state index contributed by atoms with van der Waals surface area (Å²) in [5.41, 5.74) is 0.488. The number of nitrogens with one attached hydrogen (secondary N) is 1. The van der Waals surface area contributed by atoms with Crippen LogP contribution in [-0.2, 0) is 4.79 Å². The summed E-state index contributed by atoms with van der Waals surface area (Å²) in [6.45, 7) is 2.55. The van der Waals surface area contributed by atoms with Crippen LogP contribution in [0.5, 0.6) is 0 Å². The number of anilines is 1. The first-order chi connectivity index (χ1) is 11.6. The fraction of sp³-hybridized carbons (Fsp3) is 0.375. The molecule has 1 aliphatic heterocycles. The van der Waals surface area contributed by atoms with Crippen molar-refractivity contribution >= 4 is 28.8 Å². The molecule has 3 rings (SSSR count). The number of hydrogen-bond donors (Lipinski definition) is 1. The molecule has 1 aromatic heterocycles. The van der Waals surface area contributed by atoms with Crippen molar-refractivity contribution in [1.82, 2.24) is 15.1 Å². The number of likely N-dealkylation sites (tertiary alicyclic amines) is 1. The van der Waals surface area contributed by atoms with E-state index < -0.39 is 5.91 Å². The Bertz CT molecular complexity index is 747. The second-order valence-electron chi connectivity index (χ2n) is 5.51. The maximum Gasteiger partial charge on any atom is 0.286 e. The van der Waals surface area contributed by atoms with Crippen LogP contribution in [0.4, 0.5) is 10.1 Å². The molecule has 2 amide bonds. The van der Waals surface area contributed by atoms with Gasteiger partial charge in [0.15, 0.2) is 0 Å². The molecule has 0 unspecified atom stereocenters. The van der Waals surface area contributed by atoms with Crippen molar-refractivity contribution < 1.29 is 14.0 Å². The summed E-state index contributed by atoms with van der Waals surface area (Å²) in [5.74, 6) is -0.671. The highest BCUT2D eigenvalue weighted by atomic mass is 32.1. The zero-order valence-electron chi connectivity index (χ0n) is 13.2. The van der Waals surface area contributed by atoms with E-state index in [1.165, 1.54) is 35.6 Å². The topological polar surface area (TPSA) is 75.2 Å². The number of halogens is 1. The standard InChI is InChI=1S/C16H17FN4O2S/c1-2-13(22)21-9-3-4-12(21)15-19-20-16(24-15)14(23)18-11-7-5-10(17)6-8-11/h5-8,12H,2-4,9H2,1H3,(H,18,23)/t12-/m0/s1. The zero-order chi connectivity index (χ0) is 17.1. The predicted octanol–water partition coefficient (Wildman–Crippen LogP) is 3.00. The van der Waals surface area contributed by atoms with Gasteiger partial charge in [0.05, 0.1) is 6.04 Å². The molecule has 1 saturated heterocycles. The first-order valence-electron chi connectivity index (χ1n) is 7.78. The molecule has 1 N–H and O–H groups in total. The van der Waals surface area contributed by atoms with Gasteiger partial charge in [-0.1, -0.05) is 18.3 Å². The van der Waals surface area contributed by atoms with Crippen molar-refractivity contribution in [2.45, 2.75) is 32.2 Å². The summed E-state index contributed by atoms with van der Waals surface area (Å²) in [7, 11) is 0. The van der Waals surface area contributed by atoms with E-state index in [1.807, 2.05) is 11.8 Å². The molecule has 1 aliphatic rings. The van der Waals surface area contributed by atoms with E-state index >= 15 is 0 Å². The summed E-state index contributed by atoms with van der Waals surface area (Å²) >= 11 is 1.19. The Kier molecular flexibility index (Phi) is 4.84. The van der Waals surface area contributed by atoms with Crippen LogP contribution in [0.3, 0.4) is 0 Å². The van der Waals surface area contributed by atoms with Crippen molar-refractivity contribution in [2.75, 3.05) is 11.9 Å². The van der Waals surface area contributed by atoms with Crippen molar-refractivity contribution in [3.05, 3.63) is 40.1 Å². The molecule has 0 bridgehead atoms. The first-order valence-corrected chi connectivity index (χ1v) is 8.60. The molecule has 24 heavy (non-hydrogen) atoms.